The van der Waals surface area contributed by atoms with Crippen molar-refractivity contribution in [2.75, 3.05) is 7.11 Å². The Labute approximate surface area is 86.1 Å². The number of carbonyl (C=O) groups excluding carboxylic acids is 1. The third-order valence-corrected chi connectivity index (χ3v) is 1.78. The zero-order valence-corrected chi connectivity index (χ0v) is 8.04. The molecule has 0 aromatic heterocycles. The van der Waals surface area contributed by atoms with Gasteiger partial charge in [0, 0.05) is 11.6 Å². The minimum absolute atomic E-state index is 0.0462. The predicted octanol–water partition coefficient (Wildman–Crippen LogP) is 1.82. The lowest BCUT2D eigenvalue weighted by molar-refractivity contribution is -0.384. The average Bonchev–Trinajstić information content (AvgIpc) is 2.25. The first-order valence-corrected chi connectivity index (χ1v) is 4.13. The number of aldehydes is 1. The van der Waals surface area contributed by atoms with Gasteiger partial charge in [-0.25, -0.2) is 0 Å². The lowest BCUT2D eigenvalue weighted by Crippen LogP contribution is -1.91. The van der Waals surface area contributed by atoms with E-state index in [1.165, 1.54) is 37.5 Å². The van der Waals surface area contributed by atoms with Gasteiger partial charge in [-0.05, 0) is 18.2 Å². The minimum Gasteiger partial charge on any atom is -0.496 e. The summed E-state index contributed by atoms with van der Waals surface area (Å²) in [4.78, 5) is 20.1. The van der Waals surface area contributed by atoms with Gasteiger partial charge in [0.15, 0.2) is 0 Å². The molecule has 0 atom stereocenters. The smallest absolute Gasteiger partial charge is 0.273 e. The Morgan fingerprint density at radius 2 is 2.20 bits per heavy atom. The van der Waals surface area contributed by atoms with Crippen molar-refractivity contribution in [1.29, 1.82) is 0 Å². The number of hydrogen-bond donors (Lipinski definition) is 0. The fourth-order valence-electron chi connectivity index (χ4n) is 1.09. The Kier molecular flexibility index (Phi) is 3.56. The van der Waals surface area contributed by atoms with Crippen molar-refractivity contribution in [2.24, 2.45) is 0 Å². The summed E-state index contributed by atoms with van der Waals surface area (Å²) in [6.07, 6.45) is 3.44. The summed E-state index contributed by atoms with van der Waals surface area (Å²) in [5, 5.41) is 10.5. The Bertz CT molecular complexity index is 412. The second-order valence-corrected chi connectivity index (χ2v) is 2.68. The molecule has 0 saturated carbocycles. The van der Waals surface area contributed by atoms with E-state index in [0.29, 0.717) is 17.6 Å². The van der Waals surface area contributed by atoms with Crippen LogP contribution < -0.4 is 4.74 Å². The molecule has 1 rings (SSSR count). The summed E-state index contributed by atoms with van der Waals surface area (Å²) in [7, 11) is 1.41. The minimum atomic E-state index is -0.504. The van der Waals surface area contributed by atoms with Gasteiger partial charge in [-0.1, -0.05) is 0 Å². The van der Waals surface area contributed by atoms with Crippen LogP contribution in [0.5, 0.6) is 5.75 Å². The summed E-state index contributed by atoms with van der Waals surface area (Å²) < 4.78 is 4.96. The predicted molar refractivity (Wildman–Crippen MR) is 54.7 cm³/mol. The molecule has 5 nitrogen and oxygen atoms in total. The van der Waals surface area contributed by atoms with Crippen LogP contribution in [0.4, 0.5) is 5.69 Å². The Morgan fingerprint density at radius 1 is 1.47 bits per heavy atom. The lowest BCUT2D eigenvalue weighted by atomic mass is 10.1. The zero-order valence-electron chi connectivity index (χ0n) is 8.04. The fraction of sp³-hybridized carbons (Fsp3) is 0.100. The maximum absolute atomic E-state index is 10.5. The molecule has 0 N–H and O–H groups in total. The van der Waals surface area contributed by atoms with E-state index in [1.807, 2.05) is 0 Å². The second kappa shape index (κ2) is 4.90. The molecule has 0 radical (unpaired) electrons. The summed E-state index contributed by atoms with van der Waals surface area (Å²) in [6.45, 7) is 0. The Morgan fingerprint density at radius 3 is 2.73 bits per heavy atom. The third kappa shape index (κ3) is 2.63. The van der Waals surface area contributed by atoms with E-state index >= 15 is 0 Å². The number of allylic oxidation sites excluding steroid dienone is 1. The third-order valence-electron chi connectivity index (χ3n) is 1.78. The van der Waals surface area contributed by atoms with Crippen molar-refractivity contribution < 1.29 is 14.5 Å². The van der Waals surface area contributed by atoms with Crippen LogP contribution in [0, 0.1) is 10.1 Å². The highest BCUT2D eigenvalue weighted by Crippen LogP contribution is 2.25. The lowest BCUT2D eigenvalue weighted by Gasteiger charge is -2.03. The molecule has 0 saturated heterocycles. The standard InChI is InChI=1S/C10H9NO4/c1-15-10-7-9(11(13)14)5-4-8(10)3-2-6-12/h2-7H,1H3. The van der Waals surface area contributed by atoms with Gasteiger partial charge in [0.05, 0.1) is 18.1 Å². The molecule has 0 amide bonds. The molecule has 0 heterocycles. The van der Waals surface area contributed by atoms with E-state index in [9.17, 15) is 14.9 Å². The molecule has 0 bridgehead atoms. The second-order valence-electron chi connectivity index (χ2n) is 2.68. The van der Waals surface area contributed by atoms with E-state index in [1.54, 1.807) is 0 Å². The van der Waals surface area contributed by atoms with E-state index in [0.717, 1.165) is 0 Å². The highest BCUT2D eigenvalue weighted by Gasteiger charge is 2.09. The van der Waals surface area contributed by atoms with Gasteiger partial charge in [0.1, 0.15) is 12.0 Å². The van der Waals surface area contributed by atoms with Crippen molar-refractivity contribution in [3.63, 3.8) is 0 Å². The molecule has 78 valence electrons. The van der Waals surface area contributed by atoms with E-state index in [2.05, 4.69) is 0 Å². The number of nitrogens with zero attached hydrogens (tertiary/aromatic N) is 1. The van der Waals surface area contributed by atoms with Gasteiger partial charge < -0.3 is 4.74 Å². The van der Waals surface area contributed by atoms with Crippen LogP contribution in [-0.4, -0.2) is 18.3 Å². The van der Waals surface area contributed by atoms with Crippen LogP contribution >= 0.6 is 0 Å². The van der Waals surface area contributed by atoms with Gasteiger partial charge in [0.25, 0.3) is 5.69 Å². The highest BCUT2D eigenvalue weighted by atomic mass is 16.6. The molecule has 0 unspecified atom stereocenters. The van der Waals surface area contributed by atoms with Crippen molar-refractivity contribution in [3.05, 3.63) is 40.0 Å². The number of hydrogen-bond acceptors (Lipinski definition) is 4. The fourth-order valence-corrected chi connectivity index (χ4v) is 1.09. The van der Waals surface area contributed by atoms with Gasteiger partial charge in [-0.15, -0.1) is 0 Å². The first kappa shape index (κ1) is 10.9. The van der Waals surface area contributed by atoms with Crippen LogP contribution in [0.1, 0.15) is 5.56 Å². The Balaban J connectivity index is 3.14. The van der Waals surface area contributed by atoms with E-state index < -0.39 is 4.92 Å². The molecule has 0 spiro atoms. The van der Waals surface area contributed by atoms with Crippen molar-refractivity contribution >= 4 is 18.0 Å². The number of nitro groups is 1. The summed E-state index contributed by atoms with van der Waals surface area (Å²) >= 11 is 0. The quantitative estimate of drug-likeness (QED) is 0.327. The van der Waals surface area contributed by atoms with Crippen LogP contribution in [0.2, 0.25) is 0 Å². The van der Waals surface area contributed by atoms with E-state index in [-0.39, 0.29) is 5.69 Å². The summed E-state index contributed by atoms with van der Waals surface area (Å²) in [6, 6.07) is 4.19. The SMILES string of the molecule is COc1cc([N+](=O)[O-])ccc1C=CC=O. The number of carbonyl (C=O) groups is 1. The van der Waals surface area contributed by atoms with Crippen molar-refractivity contribution in [1.82, 2.24) is 0 Å². The van der Waals surface area contributed by atoms with Crippen LogP contribution in [-0.2, 0) is 4.79 Å². The highest BCUT2D eigenvalue weighted by molar-refractivity contribution is 5.75. The number of nitro benzene ring substituents is 1. The average molecular weight is 207 g/mol. The number of ether oxygens (including phenoxy) is 1. The molecule has 5 heteroatoms. The summed E-state index contributed by atoms with van der Waals surface area (Å²) in [5.74, 6) is 0.363. The van der Waals surface area contributed by atoms with Gasteiger partial charge >= 0.3 is 0 Å². The number of benzene rings is 1. The largest absolute Gasteiger partial charge is 0.496 e. The Hall–Kier alpha value is -2.17. The van der Waals surface area contributed by atoms with E-state index in [4.69, 9.17) is 4.74 Å². The maximum atomic E-state index is 10.5. The molecule has 0 aliphatic heterocycles. The van der Waals surface area contributed by atoms with Crippen LogP contribution in [0.15, 0.2) is 24.3 Å². The molecule has 1 aromatic rings. The number of rotatable bonds is 4. The maximum Gasteiger partial charge on any atom is 0.273 e. The van der Waals surface area contributed by atoms with Crippen molar-refractivity contribution in [3.8, 4) is 5.75 Å². The zero-order chi connectivity index (χ0) is 11.3. The monoisotopic (exact) mass is 207 g/mol. The molecule has 0 aliphatic carbocycles. The van der Waals surface area contributed by atoms with Gasteiger partial charge in [-0.3, -0.25) is 14.9 Å². The first-order chi connectivity index (χ1) is 7.19. The number of methoxy groups -OCH3 is 1. The van der Waals surface area contributed by atoms with Gasteiger partial charge in [-0.2, -0.15) is 0 Å². The van der Waals surface area contributed by atoms with Crippen molar-refractivity contribution in [2.45, 2.75) is 0 Å². The molecular weight excluding hydrogens is 198 g/mol. The molecule has 1 aromatic carbocycles. The molecule has 0 fully saturated rings. The normalized spacial score (nSPS) is 10.2. The topological polar surface area (TPSA) is 69.4 Å². The molecule has 0 aliphatic rings. The number of non-ortho nitro benzene ring substituents is 1. The van der Waals surface area contributed by atoms with Crippen LogP contribution in [0.3, 0.4) is 0 Å². The summed E-state index contributed by atoms with van der Waals surface area (Å²) in [5.41, 5.74) is 0.574. The molecular formula is C10H9NO4. The first-order valence-electron chi connectivity index (χ1n) is 4.13. The van der Waals surface area contributed by atoms with Crippen LogP contribution in [0.25, 0.3) is 6.08 Å². The molecule has 15 heavy (non-hydrogen) atoms. The van der Waals surface area contributed by atoms with Gasteiger partial charge in [0.2, 0.25) is 0 Å².